The molecule has 2 aliphatic rings. The van der Waals surface area contributed by atoms with Crippen LogP contribution >= 0.6 is 11.6 Å². The lowest BCUT2D eigenvalue weighted by molar-refractivity contribution is -0.127. The van der Waals surface area contributed by atoms with Gasteiger partial charge in [0, 0.05) is 23.0 Å². The molecular formula is C24H28ClFN2O. The van der Waals surface area contributed by atoms with Crippen LogP contribution in [-0.2, 0) is 24.2 Å². The van der Waals surface area contributed by atoms with Crippen LogP contribution < -0.4 is 5.32 Å². The SMILES string of the molecule is CC(NC(=O)C1CCN(Cc2c(F)cccc2Cl)CC1)c1ccc2c(c1)CCC2. The summed E-state index contributed by atoms with van der Waals surface area (Å²) in [5.41, 5.74) is 4.62. The Balaban J connectivity index is 1.30. The summed E-state index contributed by atoms with van der Waals surface area (Å²) in [6.07, 6.45) is 5.13. The number of fused-ring (bicyclic) bond motifs is 1. The summed E-state index contributed by atoms with van der Waals surface area (Å²) in [6, 6.07) is 11.4. The summed E-state index contributed by atoms with van der Waals surface area (Å²) in [4.78, 5) is 15.0. The van der Waals surface area contributed by atoms with Crippen molar-refractivity contribution in [1.82, 2.24) is 10.2 Å². The van der Waals surface area contributed by atoms with Crippen molar-refractivity contribution in [3.8, 4) is 0 Å². The number of carbonyl (C=O) groups excluding carboxylic acids is 1. The van der Waals surface area contributed by atoms with Crippen LogP contribution in [0.4, 0.5) is 4.39 Å². The Morgan fingerprint density at radius 3 is 2.72 bits per heavy atom. The maximum Gasteiger partial charge on any atom is 0.223 e. The summed E-state index contributed by atoms with van der Waals surface area (Å²) in [5, 5.41) is 3.67. The second-order valence-electron chi connectivity index (χ2n) is 8.36. The largest absolute Gasteiger partial charge is 0.349 e. The van der Waals surface area contributed by atoms with Gasteiger partial charge in [-0.05, 0) is 80.9 Å². The monoisotopic (exact) mass is 414 g/mol. The standard InChI is InChI=1S/C24H28ClFN2O/c1-16(19-9-8-17-4-2-5-20(17)14-19)27-24(29)18-10-12-28(13-11-18)15-21-22(25)6-3-7-23(21)26/h3,6-9,14,16,18H,2,4-5,10-13,15H2,1H3,(H,27,29). The zero-order valence-electron chi connectivity index (χ0n) is 16.9. The van der Waals surface area contributed by atoms with Crippen molar-refractivity contribution in [1.29, 1.82) is 0 Å². The number of nitrogens with zero attached hydrogens (tertiary/aromatic N) is 1. The van der Waals surface area contributed by atoms with Crippen LogP contribution in [0.15, 0.2) is 36.4 Å². The quantitative estimate of drug-likeness (QED) is 0.741. The number of hydrogen-bond acceptors (Lipinski definition) is 2. The highest BCUT2D eigenvalue weighted by molar-refractivity contribution is 6.31. The van der Waals surface area contributed by atoms with Crippen molar-refractivity contribution in [3.63, 3.8) is 0 Å². The summed E-state index contributed by atoms with van der Waals surface area (Å²) >= 11 is 6.15. The van der Waals surface area contributed by atoms with Crippen molar-refractivity contribution in [2.75, 3.05) is 13.1 Å². The molecule has 1 unspecified atom stereocenters. The number of likely N-dealkylation sites (tertiary alicyclic amines) is 1. The lowest BCUT2D eigenvalue weighted by Gasteiger charge is -2.32. The number of nitrogens with one attached hydrogen (secondary N) is 1. The predicted molar refractivity (Wildman–Crippen MR) is 114 cm³/mol. The van der Waals surface area contributed by atoms with E-state index in [-0.39, 0.29) is 23.7 Å². The Morgan fingerprint density at radius 1 is 1.21 bits per heavy atom. The normalized spacial score (nSPS) is 18.4. The van der Waals surface area contributed by atoms with E-state index >= 15 is 0 Å². The smallest absolute Gasteiger partial charge is 0.223 e. The van der Waals surface area contributed by atoms with E-state index in [2.05, 4.69) is 35.3 Å². The molecule has 5 heteroatoms. The molecule has 1 aliphatic carbocycles. The molecule has 0 spiro atoms. The van der Waals surface area contributed by atoms with Crippen LogP contribution in [0.3, 0.4) is 0 Å². The Hall–Kier alpha value is -1.91. The van der Waals surface area contributed by atoms with Gasteiger partial charge in [0.1, 0.15) is 5.82 Å². The van der Waals surface area contributed by atoms with E-state index in [4.69, 9.17) is 11.6 Å². The Kier molecular flexibility index (Phi) is 6.21. The average molecular weight is 415 g/mol. The molecule has 0 aromatic heterocycles. The molecular weight excluding hydrogens is 387 g/mol. The molecule has 0 saturated carbocycles. The van der Waals surface area contributed by atoms with Crippen molar-refractivity contribution in [2.45, 2.75) is 51.6 Å². The molecule has 154 valence electrons. The van der Waals surface area contributed by atoms with Gasteiger partial charge in [-0.2, -0.15) is 0 Å². The molecule has 29 heavy (non-hydrogen) atoms. The van der Waals surface area contributed by atoms with Crippen molar-refractivity contribution in [3.05, 3.63) is 69.5 Å². The average Bonchev–Trinajstić information content (AvgIpc) is 3.19. The molecule has 1 atom stereocenters. The number of aryl methyl sites for hydroxylation is 2. The van der Waals surface area contributed by atoms with Gasteiger partial charge in [-0.25, -0.2) is 4.39 Å². The number of rotatable bonds is 5. The molecule has 1 amide bonds. The van der Waals surface area contributed by atoms with Gasteiger partial charge in [-0.1, -0.05) is 35.9 Å². The maximum absolute atomic E-state index is 14.0. The number of amides is 1. The molecule has 2 aromatic carbocycles. The molecule has 1 fully saturated rings. The van der Waals surface area contributed by atoms with E-state index < -0.39 is 0 Å². The predicted octanol–water partition coefficient (Wildman–Crippen LogP) is 5.06. The van der Waals surface area contributed by atoms with Crippen LogP contribution in [0.2, 0.25) is 5.02 Å². The fourth-order valence-electron chi connectivity index (χ4n) is 4.54. The number of piperidine rings is 1. The summed E-state index contributed by atoms with van der Waals surface area (Å²) < 4.78 is 14.0. The number of halogens is 2. The van der Waals surface area contributed by atoms with Gasteiger partial charge in [-0.3, -0.25) is 9.69 Å². The molecule has 1 aliphatic heterocycles. The van der Waals surface area contributed by atoms with Crippen molar-refractivity contribution in [2.24, 2.45) is 5.92 Å². The van der Waals surface area contributed by atoms with Crippen LogP contribution in [0.1, 0.15) is 54.5 Å². The zero-order valence-corrected chi connectivity index (χ0v) is 17.6. The Morgan fingerprint density at radius 2 is 1.97 bits per heavy atom. The van der Waals surface area contributed by atoms with E-state index in [1.165, 1.54) is 35.6 Å². The number of carbonyl (C=O) groups is 1. The molecule has 0 bridgehead atoms. The molecule has 2 aromatic rings. The highest BCUT2D eigenvalue weighted by Crippen LogP contribution is 2.27. The van der Waals surface area contributed by atoms with Gasteiger partial charge in [-0.15, -0.1) is 0 Å². The fourth-order valence-corrected chi connectivity index (χ4v) is 4.76. The molecule has 4 rings (SSSR count). The lowest BCUT2D eigenvalue weighted by Crippen LogP contribution is -2.41. The van der Waals surface area contributed by atoms with Crippen molar-refractivity contribution < 1.29 is 9.18 Å². The minimum Gasteiger partial charge on any atom is -0.349 e. The third-order valence-corrected chi connectivity index (χ3v) is 6.74. The van der Waals surface area contributed by atoms with E-state index in [0.29, 0.717) is 17.1 Å². The first-order valence-corrected chi connectivity index (χ1v) is 11.0. The third-order valence-electron chi connectivity index (χ3n) is 6.38. The van der Waals surface area contributed by atoms with Gasteiger partial charge in [0.15, 0.2) is 0 Å². The zero-order chi connectivity index (χ0) is 20.4. The van der Waals surface area contributed by atoms with Crippen LogP contribution in [0.25, 0.3) is 0 Å². The fraction of sp³-hybridized carbons (Fsp3) is 0.458. The number of benzene rings is 2. The third kappa shape index (κ3) is 4.65. The Bertz CT molecular complexity index is 872. The topological polar surface area (TPSA) is 32.3 Å². The lowest BCUT2D eigenvalue weighted by atomic mass is 9.94. The van der Waals surface area contributed by atoms with Gasteiger partial charge >= 0.3 is 0 Å². The summed E-state index contributed by atoms with van der Waals surface area (Å²) in [6.45, 7) is 4.10. The van der Waals surface area contributed by atoms with Crippen LogP contribution in [0, 0.1) is 11.7 Å². The second kappa shape index (κ2) is 8.85. The molecule has 1 saturated heterocycles. The van der Waals surface area contributed by atoms with Crippen LogP contribution in [-0.4, -0.2) is 23.9 Å². The molecule has 0 radical (unpaired) electrons. The van der Waals surface area contributed by atoms with Gasteiger partial charge in [0.2, 0.25) is 5.91 Å². The maximum atomic E-state index is 14.0. The number of hydrogen-bond donors (Lipinski definition) is 1. The molecule has 1 N–H and O–H groups in total. The molecule has 1 heterocycles. The second-order valence-corrected chi connectivity index (χ2v) is 8.77. The van der Waals surface area contributed by atoms with E-state index in [9.17, 15) is 9.18 Å². The summed E-state index contributed by atoms with van der Waals surface area (Å²) in [7, 11) is 0. The Labute approximate surface area is 177 Å². The first kappa shape index (κ1) is 20.4. The van der Waals surface area contributed by atoms with Crippen LogP contribution in [0.5, 0.6) is 0 Å². The van der Waals surface area contributed by atoms with Gasteiger partial charge in [0.25, 0.3) is 0 Å². The minimum absolute atomic E-state index is 0.0132. The van der Waals surface area contributed by atoms with Gasteiger partial charge in [0.05, 0.1) is 6.04 Å². The summed E-state index contributed by atoms with van der Waals surface area (Å²) in [5.74, 6) is -0.124. The highest BCUT2D eigenvalue weighted by atomic mass is 35.5. The minimum atomic E-state index is -0.263. The van der Waals surface area contributed by atoms with E-state index in [1.807, 2.05) is 0 Å². The van der Waals surface area contributed by atoms with E-state index in [1.54, 1.807) is 12.1 Å². The first-order valence-electron chi connectivity index (χ1n) is 10.6. The highest BCUT2D eigenvalue weighted by Gasteiger charge is 2.27. The molecule has 3 nitrogen and oxygen atoms in total. The van der Waals surface area contributed by atoms with Gasteiger partial charge < -0.3 is 5.32 Å². The van der Waals surface area contributed by atoms with Crippen molar-refractivity contribution >= 4 is 17.5 Å². The van der Waals surface area contributed by atoms with E-state index in [0.717, 1.165) is 32.4 Å². The first-order chi connectivity index (χ1) is 14.0.